The van der Waals surface area contributed by atoms with Gasteiger partial charge in [-0.15, -0.1) is 11.3 Å². The molecule has 0 aliphatic carbocycles. The minimum Gasteiger partial charge on any atom is -0.387 e. The maximum Gasteiger partial charge on any atom is 0.138 e. The van der Waals surface area contributed by atoms with E-state index in [1.807, 2.05) is 37.4 Å². The summed E-state index contributed by atoms with van der Waals surface area (Å²) in [6, 6.07) is 1.99. The van der Waals surface area contributed by atoms with Crippen LogP contribution < -0.4 is 5.32 Å². The van der Waals surface area contributed by atoms with Gasteiger partial charge in [0, 0.05) is 13.1 Å². The third kappa shape index (κ3) is 3.16. The SMILES string of the molecule is CN(C)CC(C)(O)CNc1ncnc2sccc12. The predicted octanol–water partition coefficient (Wildman–Crippen LogP) is 1.42. The zero-order chi connectivity index (χ0) is 13.2. The molecule has 0 aliphatic heterocycles. The van der Waals surface area contributed by atoms with Crippen molar-refractivity contribution >= 4 is 27.4 Å². The van der Waals surface area contributed by atoms with Crippen molar-refractivity contribution in [3.8, 4) is 0 Å². The Hall–Kier alpha value is -1.24. The van der Waals surface area contributed by atoms with Gasteiger partial charge in [-0.2, -0.15) is 0 Å². The van der Waals surface area contributed by atoms with Gasteiger partial charge in [0.1, 0.15) is 17.0 Å². The molecule has 0 amide bonds. The van der Waals surface area contributed by atoms with Gasteiger partial charge in [0.05, 0.1) is 11.0 Å². The van der Waals surface area contributed by atoms with E-state index in [1.54, 1.807) is 17.7 Å². The van der Waals surface area contributed by atoms with Gasteiger partial charge in [-0.05, 0) is 32.5 Å². The fourth-order valence-corrected chi connectivity index (χ4v) is 2.67. The van der Waals surface area contributed by atoms with E-state index in [2.05, 4.69) is 15.3 Å². The van der Waals surface area contributed by atoms with Crippen molar-refractivity contribution in [1.82, 2.24) is 14.9 Å². The third-order valence-corrected chi connectivity index (χ3v) is 3.38. The Morgan fingerprint density at radius 3 is 2.94 bits per heavy atom. The highest BCUT2D eigenvalue weighted by Crippen LogP contribution is 2.24. The van der Waals surface area contributed by atoms with Crippen molar-refractivity contribution < 1.29 is 5.11 Å². The molecule has 0 fully saturated rings. The van der Waals surface area contributed by atoms with Gasteiger partial charge in [0.25, 0.3) is 0 Å². The molecule has 2 aromatic rings. The number of nitrogens with one attached hydrogen (secondary N) is 1. The van der Waals surface area contributed by atoms with E-state index in [0.29, 0.717) is 13.1 Å². The fraction of sp³-hybridized carbons (Fsp3) is 0.500. The van der Waals surface area contributed by atoms with E-state index in [1.165, 1.54) is 0 Å². The Morgan fingerprint density at radius 1 is 1.44 bits per heavy atom. The van der Waals surface area contributed by atoms with Crippen LogP contribution in [-0.2, 0) is 0 Å². The van der Waals surface area contributed by atoms with Crippen molar-refractivity contribution in [2.45, 2.75) is 12.5 Å². The van der Waals surface area contributed by atoms with Crippen molar-refractivity contribution in [1.29, 1.82) is 0 Å². The second-order valence-corrected chi connectivity index (χ2v) is 5.84. The highest BCUT2D eigenvalue weighted by molar-refractivity contribution is 7.16. The predicted molar refractivity (Wildman–Crippen MR) is 75.1 cm³/mol. The van der Waals surface area contributed by atoms with Gasteiger partial charge in [0.15, 0.2) is 0 Å². The molecule has 5 nitrogen and oxygen atoms in total. The van der Waals surface area contributed by atoms with Crippen molar-refractivity contribution in [3.63, 3.8) is 0 Å². The van der Waals surface area contributed by atoms with Gasteiger partial charge < -0.3 is 15.3 Å². The van der Waals surface area contributed by atoms with Crippen LogP contribution in [-0.4, -0.2) is 52.8 Å². The number of hydrogen-bond acceptors (Lipinski definition) is 6. The summed E-state index contributed by atoms with van der Waals surface area (Å²) < 4.78 is 0. The lowest BCUT2D eigenvalue weighted by Crippen LogP contribution is -2.43. The molecule has 2 rings (SSSR count). The van der Waals surface area contributed by atoms with E-state index in [4.69, 9.17) is 0 Å². The Bertz CT molecular complexity index is 524. The summed E-state index contributed by atoms with van der Waals surface area (Å²) in [5.74, 6) is 0.778. The largest absolute Gasteiger partial charge is 0.387 e. The highest BCUT2D eigenvalue weighted by Gasteiger charge is 2.21. The molecule has 0 spiro atoms. The van der Waals surface area contributed by atoms with Gasteiger partial charge in [-0.1, -0.05) is 0 Å². The number of aliphatic hydroxyl groups is 1. The monoisotopic (exact) mass is 266 g/mol. The molecule has 2 N–H and O–H groups in total. The number of rotatable bonds is 5. The third-order valence-electron chi connectivity index (χ3n) is 2.56. The summed E-state index contributed by atoms with van der Waals surface area (Å²) in [5.41, 5.74) is -0.795. The first kappa shape index (κ1) is 13.2. The number of anilines is 1. The number of nitrogens with zero attached hydrogens (tertiary/aromatic N) is 3. The second-order valence-electron chi connectivity index (χ2n) is 4.95. The first-order valence-electron chi connectivity index (χ1n) is 5.77. The lowest BCUT2D eigenvalue weighted by Gasteiger charge is -2.27. The Balaban J connectivity index is 2.08. The minimum atomic E-state index is -0.795. The van der Waals surface area contributed by atoms with Gasteiger partial charge in [-0.25, -0.2) is 9.97 Å². The maximum atomic E-state index is 10.2. The quantitative estimate of drug-likeness (QED) is 0.857. The first-order chi connectivity index (χ1) is 8.48. The van der Waals surface area contributed by atoms with Gasteiger partial charge in [-0.3, -0.25) is 0 Å². The van der Waals surface area contributed by atoms with Crippen LogP contribution in [0.15, 0.2) is 17.8 Å². The molecule has 0 bridgehead atoms. The standard InChI is InChI=1S/C12H18N4OS/c1-12(17,7-16(2)3)6-13-10-9-4-5-18-11(9)15-8-14-10/h4-5,8,17H,6-7H2,1-3H3,(H,13,14,15). The second kappa shape index (κ2) is 5.17. The summed E-state index contributed by atoms with van der Waals surface area (Å²) in [6.07, 6.45) is 1.54. The zero-order valence-corrected chi connectivity index (χ0v) is 11.7. The summed E-state index contributed by atoms with van der Waals surface area (Å²) in [5, 5.41) is 16.4. The van der Waals surface area contributed by atoms with Crippen LogP contribution in [0.1, 0.15) is 6.92 Å². The normalized spacial score (nSPS) is 14.9. The smallest absolute Gasteiger partial charge is 0.138 e. The summed E-state index contributed by atoms with van der Waals surface area (Å²) in [4.78, 5) is 11.3. The van der Waals surface area contributed by atoms with E-state index >= 15 is 0 Å². The Labute approximate surface area is 110 Å². The molecule has 18 heavy (non-hydrogen) atoms. The van der Waals surface area contributed by atoms with E-state index in [-0.39, 0.29) is 0 Å². The number of hydrogen-bond donors (Lipinski definition) is 2. The lowest BCUT2D eigenvalue weighted by molar-refractivity contribution is 0.0459. The van der Waals surface area contributed by atoms with Gasteiger partial charge >= 0.3 is 0 Å². The van der Waals surface area contributed by atoms with Gasteiger partial charge in [0.2, 0.25) is 0 Å². The molecule has 6 heteroatoms. The molecule has 0 saturated carbocycles. The molecule has 0 aliphatic rings. The molecule has 0 aromatic carbocycles. The molecule has 1 unspecified atom stereocenters. The highest BCUT2D eigenvalue weighted by atomic mass is 32.1. The van der Waals surface area contributed by atoms with Crippen molar-refractivity contribution in [2.75, 3.05) is 32.5 Å². The molecular weight excluding hydrogens is 248 g/mol. The summed E-state index contributed by atoms with van der Waals surface area (Å²) in [6.45, 7) is 2.86. The molecule has 1 atom stereocenters. The lowest BCUT2D eigenvalue weighted by atomic mass is 10.1. The van der Waals surface area contributed by atoms with Crippen molar-refractivity contribution in [2.24, 2.45) is 0 Å². The zero-order valence-electron chi connectivity index (χ0n) is 10.8. The fourth-order valence-electron chi connectivity index (χ4n) is 1.94. The van der Waals surface area contributed by atoms with Crippen LogP contribution in [0.2, 0.25) is 0 Å². The number of likely N-dealkylation sites (N-methyl/N-ethyl adjacent to an activating group) is 1. The molecular formula is C12H18N4OS. The summed E-state index contributed by atoms with van der Waals surface area (Å²) in [7, 11) is 3.88. The Kier molecular flexibility index (Phi) is 3.79. The summed E-state index contributed by atoms with van der Waals surface area (Å²) >= 11 is 1.58. The number of aromatic nitrogens is 2. The molecule has 98 valence electrons. The first-order valence-corrected chi connectivity index (χ1v) is 6.65. The van der Waals surface area contributed by atoms with Crippen molar-refractivity contribution in [3.05, 3.63) is 17.8 Å². The van der Waals surface area contributed by atoms with Crippen LogP contribution in [0.5, 0.6) is 0 Å². The Morgan fingerprint density at radius 2 is 2.22 bits per heavy atom. The number of thiophene rings is 1. The van der Waals surface area contributed by atoms with Crippen LogP contribution in [0, 0.1) is 0 Å². The van der Waals surface area contributed by atoms with Crippen LogP contribution >= 0.6 is 11.3 Å². The maximum absolute atomic E-state index is 10.2. The molecule has 2 heterocycles. The van der Waals surface area contributed by atoms with E-state index in [9.17, 15) is 5.11 Å². The van der Waals surface area contributed by atoms with Crippen LogP contribution in [0.4, 0.5) is 5.82 Å². The molecule has 0 radical (unpaired) electrons. The van der Waals surface area contributed by atoms with Crippen LogP contribution in [0.25, 0.3) is 10.2 Å². The van der Waals surface area contributed by atoms with E-state index < -0.39 is 5.60 Å². The number of fused-ring (bicyclic) bond motifs is 1. The van der Waals surface area contributed by atoms with E-state index in [0.717, 1.165) is 16.0 Å². The molecule has 0 saturated heterocycles. The average Bonchev–Trinajstić information content (AvgIpc) is 2.72. The average molecular weight is 266 g/mol. The molecule has 2 aromatic heterocycles. The topological polar surface area (TPSA) is 61.3 Å². The van der Waals surface area contributed by atoms with Crippen LogP contribution in [0.3, 0.4) is 0 Å². The minimum absolute atomic E-state index is 0.452.